The minimum absolute atomic E-state index is 0.576. The van der Waals surface area contributed by atoms with Crippen molar-refractivity contribution in [2.75, 3.05) is 0 Å². The fourth-order valence-corrected chi connectivity index (χ4v) is 7.80. The molecule has 0 aliphatic heterocycles. The van der Waals surface area contributed by atoms with Crippen LogP contribution in [0.4, 0.5) is 0 Å². The number of furan rings is 2. The van der Waals surface area contributed by atoms with Crippen LogP contribution in [-0.4, -0.2) is 19.9 Å². The van der Waals surface area contributed by atoms with Gasteiger partial charge in [0.05, 0.1) is 0 Å². The summed E-state index contributed by atoms with van der Waals surface area (Å²) in [6.07, 6.45) is 3.64. The van der Waals surface area contributed by atoms with Gasteiger partial charge in [-0.25, -0.2) is 15.0 Å². The summed E-state index contributed by atoms with van der Waals surface area (Å²) in [5.41, 5.74) is 10.3. The van der Waals surface area contributed by atoms with Crippen LogP contribution in [0, 0.1) is 0 Å². The molecule has 6 heteroatoms. The van der Waals surface area contributed by atoms with Gasteiger partial charge in [-0.1, -0.05) is 121 Å². The third-order valence-electron chi connectivity index (χ3n) is 10.3. The largest absolute Gasteiger partial charge is 0.456 e. The molecule has 0 spiro atoms. The van der Waals surface area contributed by atoms with E-state index < -0.39 is 0 Å². The van der Waals surface area contributed by atoms with Crippen molar-refractivity contribution in [1.82, 2.24) is 19.9 Å². The van der Waals surface area contributed by atoms with Crippen molar-refractivity contribution >= 4 is 54.6 Å². The number of pyridine rings is 1. The van der Waals surface area contributed by atoms with Crippen LogP contribution < -0.4 is 0 Å². The summed E-state index contributed by atoms with van der Waals surface area (Å²) in [5, 5.41) is 6.14. The highest BCUT2D eigenvalue weighted by Crippen LogP contribution is 2.42. The quantitative estimate of drug-likeness (QED) is 0.179. The molecule has 0 aliphatic carbocycles. The molecule has 54 heavy (non-hydrogen) atoms. The first kappa shape index (κ1) is 30.2. The van der Waals surface area contributed by atoms with Crippen molar-refractivity contribution in [1.29, 1.82) is 0 Å². The van der Waals surface area contributed by atoms with Crippen LogP contribution in [0.15, 0.2) is 179 Å². The molecule has 11 aromatic rings. The van der Waals surface area contributed by atoms with Gasteiger partial charge in [0.25, 0.3) is 0 Å². The average Bonchev–Trinajstić information content (AvgIpc) is 3.82. The van der Waals surface area contributed by atoms with E-state index in [9.17, 15) is 0 Å². The SMILES string of the molecule is c1ccc(-c2cccc(-c3nc(-c4ccc(-c5cccc6oc7ccncc7c56)c5ccccc45)nc(-c4cccc5oc6ccccc6c45)n3)c2)cc1. The molecule has 0 saturated heterocycles. The Morgan fingerprint density at radius 1 is 0.333 bits per heavy atom. The van der Waals surface area contributed by atoms with Gasteiger partial charge in [0.1, 0.15) is 22.3 Å². The van der Waals surface area contributed by atoms with Gasteiger partial charge in [-0.3, -0.25) is 4.98 Å². The summed E-state index contributed by atoms with van der Waals surface area (Å²) in [7, 11) is 0. The van der Waals surface area contributed by atoms with E-state index in [-0.39, 0.29) is 0 Å². The number of aromatic nitrogens is 4. The summed E-state index contributed by atoms with van der Waals surface area (Å²) < 4.78 is 12.5. The average molecular weight is 693 g/mol. The van der Waals surface area contributed by atoms with E-state index >= 15 is 0 Å². The number of hydrogen-bond acceptors (Lipinski definition) is 6. The lowest BCUT2D eigenvalue weighted by Gasteiger charge is -2.14. The van der Waals surface area contributed by atoms with Crippen LogP contribution in [0.5, 0.6) is 0 Å². The van der Waals surface area contributed by atoms with Crippen molar-refractivity contribution in [2.24, 2.45) is 0 Å². The Morgan fingerprint density at radius 2 is 0.889 bits per heavy atom. The Hall–Kier alpha value is -7.44. The molecule has 0 aliphatic rings. The smallest absolute Gasteiger partial charge is 0.164 e. The van der Waals surface area contributed by atoms with E-state index in [2.05, 4.69) is 108 Å². The van der Waals surface area contributed by atoms with Gasteiger partial charge < -0.3 is 8.83 Å². The molecule has 4 heterocycles. The molecule has 0 radical (unpaired) electrons. The Morgan fingerprint density at radius 3 is 1.70 bits per heavy atom. The first-order valence-corrected chi connectivity index (χ1v) is 17.9. The second-order valence-corrected chi connectivity index (χ2v) is 13.4. The number of nitrogens with zero attached hydrogens (tertiary/aromatic N) is 4. The van der Waals surface area contributed by atoms with E-state index in [1.165, 1.54) is 0 Å². The zero-order valence-electron chi connectivity index (χ0n) is 28.8. The van der Waals surface area contributed by atoms with E-state index in [1.807, 2.05) is 60.8 Å². The lowest BCUT2D eigenvalue weighted by Crippen LogP contribution is -2.01. The number of benzene rings is 7. The lowest BCUT2D eigenvalue weighted by molar-refractivity contribution is 0.668. The topological polar surface area (TPSA) is 77.8 Å². The molecule has 0 atom stereocenters. The number of fused-ring (bicyclic) bond motifs is 7. The lowest BCUT2D eigenvalue weighted by atomic mass is 9.92. The minimum atomic E-state index is 0.576. The molecule has 0 amide bonds. The highest BCUT2D eigenvalue weighted by molar-refractivity contribution is 6.16. The maximum absolute atomic E-state index is 6.29. The molecule has 4 aromatic heterocycles. The maximum Gasteiger partial charge on any atom is 0.164 e. The van der Waals surface area contributed by atoms with Gasteiger partial charge in [0.15, 0.2) is 17.5 Å². The molecule has 7 aromatic carbocycles. The highest BCUT2D eigenvalue weighted by Gasteiger charge is 2.21. The third-order valence-corrected chi connectivity index (χ3v) is 10.3. The number of rotatable bonds is 5. The second-order valence-electron chi connectivity index (χ2n) is 13.4. The van der Waals surface area contributed by atoms with Crippen molar-refractivity contribution in [2.45, 2.75) is 0 Å². The zero-order valence-corrected chi connectivity index (χ0v) is 28.8. The summed E-state index contributed by atoms with van der Waals surface area (Å²) in [6, 6.07) is 53.8. The zero-order chi connectivity index (χ0) is 35.6. The molecule has 0 fully saturated rings. The summed E-state index contributed by atoms with van der Waals surface area (Å²) in [6.45, 7) is 0. The second kappa shape index (κ2) is 12.1. The minimum Gasteiger partial charge on any atom is -0.456 e. The normalized spacial score (nSPS) is 11.7. The van der Waals surface area contributed by atoms with Crippen LogP contribution in [-0.2, 0) is 0 Å². The van der Waals surface area contributed by atoms with Crippen molar-refractivity contribution in [3.63, 3.8) is 0 Å². The third kappa shape index (κ3) is 4.81. The standard InChI is InChI=1S/C48H28N4O2/c1-2-11-29(12-3-1)30-13-8-14-31(27-30)46-50-47(52-48(51-46)38-19-10-22-43-45(38)37-17-6-7-20-40(37)53-43)36-24-23-34(32-15-4-5-16-33(32)36)35-18-9-21-42-44(35)39-28-49-26-25-41(39)54-42/h1-28H. The van der Waals surface area contributed by atoms with E-state index in [4.69, 9.17) is 23.8 Å². The van der Waals surface area contributed by atoms with Crippen molar-refractivity contribution in [3.8, 4) is 56.4 Å². The molecule has 6 nitrogen and oxygen atoms in total. The van der Waals surface area contributed by atoms with Gasteiger partial charge in [-0.05, 0) is 69.4 Å². The van der Waals surface area contributed by atoms with Crippen LogP contribution in [0.25, 0.3) is 111 Å². The molecule has 0 unspecified atom stereocenters. The first-order valence-electron chi connectivity index (χ1n) is 17.9. The summed E-state index contributed by atoms with van der Waals surface area (Å²) >= 11 is 0. The number of para-hydroxylation sites is 1. The molecular weight excluding hydrogens is 665 g/mol. The van der Waals surface area contributed by atoms with E-state index in [1.54, 1.807) is 6.20 Å². The Bertz CT molecular complexity index is 3240. The highest BCUT2D eigenvalue weighted by atomic mass is 16.3. The molecule has 0 N–H and O–H groups in total. The number of hydrogen-bond donors (Lipinski definition) is 0. The van der Waals surface area contributed by atoms with Crippen LogP contribution in [0.1, 0.15) is 0 Å². The summed E-state index contributed by atoms with van der Waals surface area (Å²) in [5.74, 6) is 1.75. The predicted octanol–water partition coefficient (Wildman–Crippen LogP) is 12.6. The fraction of sp³-hybridized carbons (Fsp3) is 0. The van der Waals surface area contributed by atoms with Crippen molar-refractivity contribution < 1.29 is 8.83 Å². The molecule has 0 saturated carbocycles. The molecule has 0 bridgehead atoms. The van der Waals surface area contributed by atoms with Gasteiger partial charge in [-0.15, -0.1) is 0 Å². The van der Waals surface area contributed by atoms with Crippen LogP contribution in [0.3, 0.4) is 0 Å². The van der Waals surface area contributed by atoms with Crippen LogP contribution in [0.2, 0.25) is 0 Å². The van der Waals surface area contributed by atoms with Gasteiger partial charge in [-0.2, -0.15) is 0 Å². The van der Waals surface area contributed by atoms with Crippen molar-refractivity contribution in [3.05, 3.63) is 170 Å². The van der Waals surface area contributed by atoms with Gasteiger partial charge >= 0.3 is 0 Å². The van der Waals surface area contributed by atoms with Crippen LogP contribution >= 0.6 is 0 Å². The Labute approximate surface area is 309 Å². The Kier molecular flexibility index (Phi) is 6.75. The molecular formula is C48H28N4O2. The predicted molar refractivity (Wildman–Crippen MR) is 217 cm³/mol. The maximum atomic E-state index is 6.29. The Balaban J connectivity index is 1.16. The first-order chi connectivity index (χ1) is 26.8. The monoisotopic (exact) mass is 692 g/mol. The van der Waals surface area contributed by atoms with E-state index in [0.29, 0.717) is 17.5 Å². The van der Waals surface area contributed by atoms with Gasteiger partial charge in [0.2, 0.25) is 0 Å². The fourth-order valence-electron chi connectivity index (χ4n) is 7.80. The molecule has 252 valence electrons. The van der Waals surface area contributed by atoms with Gasteiger partial charge in [0, 0.05) is 50.6 Å². The molecule has 11 rings (SSSR count). The van der Waals surface area contributed by atoms with E-state index in [0.717, 1.165) is 93.6 Å². The summed E-state index contributed by atoms with van der Waals surface area (Å²) in [4.78, 5) is 20.1.